The van der Waals surface area contributed by atoms with Gasteiger partial charge in [-0.1, -0.05) is 23.7 Å². The number of rotatable bonds is 8. The van der Waals surface area contributed by atoms with Gasteiger partial charge >= 0.3 is 6.18 Å². The van der Waals surface area contributed by atoms with Crippen molar-refractivity contribution in [1.29, 1.82) is 0 Å². The number of nitrogens with zero attached hydrogens (tertiary/aromatic N) is 4. The van der Waals surface area contributed by atoms with Crippen molar-refractivity contribution in [1.82, 2.24) is 19.7 Å². The highest BCUT2D eigenvalue weighted by molar-refractivity contribution is 6.30. The van der Waals surface area contributed by atoms with Crippen molar-refractivity contribution in [2.75, 3.05) is 0 Å². The topological polar surface area (TPSA) is 60.7 Å². The van der Waals surface area contributed by atoms with Gasteiger partial charge in [-0.05, 0) is 67.5 Å². The molecule has 0 N–H and O–H groups in total. The molecule has 1 aliphatic rings. The molecule has 0 bridgehead atoms. The summed E-state index contributed by atoms with van der Waals surface area (Å²) in [5, 5.41) is 4.32. The third-order valence-electron chi connectivity index (χ3n) is 7.01. The van der Waals surface area contributed by atoms with E-state index < -0.39 is 29.4 Å². The number of carbonyl (C=O) groups is 1. The molecule has 0 radical (unpaired) electrons. The van der Waals surface area contributed by atoms with Gasteiger partial charge in [0, 0.05) is 46.4 Å². The van der Waals surface area contributed by atoms with Crippen LogP contribution in [0.15, 0.2) is 55.0 Å². The van der Waals surface area contributed by atoms with Crippen LogP contribution in [-0.2, 0) is 36.8 Å². The molecule has 208 valence electrons. The normalized spacial score (nSPS) is 14.2. The zero-order chi connectivity index (χ0) is 28.4. The molecule has 11 heteroatoms. The van der Waals surface area contributed by atoms with Crippen molar-refractivity contribution >= 4 is 17.4 Å². The van der Waals surface area contributed by atoms with Gasteiger partial charge in [0.05, 0.1) is 12.2 Å². The van der Waals surface area contributed by atoms with E-state index in [1.807, 2.05) is 0 Å². The maximum atomic E-state index is 14.0. The molecule has 0 amide bonds. The van der Waals surface area contributed by atoms with E-state index in [1.54, 1.807) is 30.5 Å². The number of carbonyl (C=O) groups excluding carboxylic acids is 1. The highest BCUT2D eigenvalue weighted by Crippen LogP contribution is 2.37. The predicted octanol–water partition coefficient (Wildman–Crippen LogP) is 7.16. The predicted molar refractivity (Wildman–Crippen MR) is 139 cm³/mol. The molecule has 0 spiro atoms. The van der Waals surface area contributed by atoms with Gasteiger partial charge in [0.15, 0.2) is 11.5 Å². The molecule has 0 saturated carbocycles. The minimum Gasteiger partial charge on any atom is -0.298 e. The Hall–Kier alpha value is -3.66. The fourth-order valence-corrected chi connectivity index (χ4v) is 5.46. The van der Waals surface area contributed by atoms with E-state index in [9.17, 15) is 26.7 Å². The standard InChI is InChI=1S/C29H24ClF5N4O/c30-20-7-5-18(6-8-20)25-14-36-16-37-27(25)19(9-17-10-21(31)13-22(32)11-17)12-23(40)15-39-26-4-2-1-3-24(26)28(38-39)29(33,34)35/h5-8,10-11,13-14,16,19H,1-4,9,12,15H2/t19-/m1/s1. The SMILES string of the molecule is O=C(C[C@@H](Cc1cc(F)cc(F)c1)c1ncncc1-c1ccc(Cl)cc1)Cn1nc(C(F)(F)F)c2c1CCCC2. The fraction of sp³-hybridized carbons (Fsp3) is 0.310. The molecule has 1 aliphatic carbocycles. The van der Waals surface area contributed by atoms with Gasteiger partial charge in [0.1, 0.15) is 18.0 Å². The van der Waals surface area contributed by atoms with E-state index in [4.69, 9.17) is 11.6 Å². The number of Topliss-reactive ketones (excluding diaryl/α,β-unsaturated/α-hetero) is 1. The number of halogens is 6. The van der Waals surface area contributed by atoms with Gasteiger partial charge in [-0.15, -0.1) is 0 Å². The molecule has 0 fully saturated rings. The first-order valence-corrected chi connectivity index (χ1v) is 13.1. The van der Waals surface area contributed by atoms with E-state index in [1.165, 1.54) is 23.1 Å². The van der Waals surface area contributed by atoms with Crippen LogP contribution in [0.2, 0.25) is 5.02 Å². The summed E-state index contributed by atoms with van der Waals surface area (Å²) < 4.78 is 70.2. The summed E-state index contributed by atoms with van der Waals surface area (Å²) in [6.07, 6.45) is 0.198. The van der Waals surface area contributed by atoms with Gasteiger partial charge in [-0.25, -0.2) is 18.7 Å². The van der Waals surface area contributed by atoms with Crippen molar-refractivity contribution in [3.8, 4) is 11.1 Å². The van der Waals surface area contributed by atoms with Crippen LogP contribution < -0.4 is 0 Å². The molecule has 5 rings (SSSR count). The second kappa shape index (κ2) is 11.4. The maximum Gasteiger partial charge on any atom is 0.435 e. The Bertz CT molecular complexity index is 1510. The second-order valence-electron chi connectivity index (χ2n) is 9.89. The van der Waals surface area contributed by atoms with Crippen LogP contribution >= 0.6 is 11.6 Å². The van der Waals surface area contributed by atoms with Gasteiger partial charge < -0.3 is 0 Å². The Morgan fingerprint density at radius 3 is 2.42 bits per heavy atom. The van der Waals surface area contributed by atoms with Crippen LogP contribution in [0.3, 0.4) is 0 Å². The fourth-order valence-electron chi connectivity index (χ4n) is 5.33. The van der Waals surface area contributed by atoms with Gasteiger partial charge in [0.2, 0.25) is 0 Å². The summed E-state index contributed by atoms with van der Waals surface area (Å²) >= 11 is 6.04. The van der Waals surface area contributed by atoms with Crippen molar-refractivity contribution in [2.45, 2.75) is 57.2 Å². The number of aromatic nitrogens is 4. The van der Waals surface area contributed by atoms with Crippen LogP contribution in [0.5, 0.6) is 0 Å². The first-order valence-electron chi connectivity index (χ1n) is 12.8. The minimum absolute atomic E-state index is 0.0586. The zero-order valence-corrected chi connectivity index (χ0v) is 21.9. The number of hydrogen-bond donors (Lipinski definition) is 0. The lowest BCUT2D eigenvalue weighted by molar-refractivity contribution is -0.142. The Labute approximate surface area is 232 Å². The van der Waals surface area contributed by atoms with Crippen LogP contribution in [0.25, 0.3) is 11.1 Å². The lowest BCUT2D eigenvalue weighted by atomic mass is 9.87. The molecular weight excluding hydrogens is 551 g/mol. The van der Waals surface area contributed by atoms with Crippen LogP contribution in [0.4, 0.5) is 22.0 Å². The number of hydrogen-bond acceptors (Lipinski definition) is 4. The van der Waals surface area contributed by atoms with Gasteiger partial charge in [0.25, 0.3) is 0 Å². The molecule has 0 unspecified atom stereocenters. The van der Waals surface area contributed by atoms with E-state index >= 15 is 0 Å². The maximum absolute atomic E-state index is 14.0. The van der Waals surface area contributed by atoms with E-state index in [0.29, 0.717) is 46.8 Å². The zero-order valence-electron chi connectivity index (χ0n) is 21.2. The lowest BCUT2D eigenvalue weighted by Crippen LogP contribution is -2.20. The third kappa shape index (κ3) is 6.22. The van der Waals surface area contributed by atoms with Crippen molar-refractivity contribution in [3.05, 3.63) is 99.9 Å². The largest absolute Gasteiger partial charge is 0.435 e. The van der Waals surface area contributed by atoms with Crippen LogP contribution in [-0.4, -0.2) is 25.5 Å². The molecule has 2 heterocycles. The summed E-state index contributed by atoms with van der Waals surface area (Å²) in [5.41, 5.74) is 1.74. The van der Waals surface area contributed by atoms with Crippen molar-refractivity contribution < 1.29 is 26.7 Å². The number of ketones is 1. The molecule has 4 aromatic rings. The first-order chi connectivity index (χ1) is 19.1. The molecule has 1 atom stereocenters. The molecule has 40 heavy (non-hydrogen) atoms. The van der Waals surface area contributed by atoms with E-state index in [2.05, 4.69) is 15.1 Å². The average Bonchev–Trinajstić information content (AvgIpc) is 3.27. The monoisotopic (exact) mass is 574 g/mol. The molecule has 2 aromatic carbocycles. The minimum atomic E-state index is -4.62. The summed E-state index contributed by atoms with van der Waals surface area (Å²) in [6.45, 7) is -0.353. The molecule has 0 aliphatic heterocycles. The van der Waals surface area contributed by atoms with Crippen molar-refractivity contribution in [2.24, 2.45) is 0 Å². The number of benzene rings is 2. The Morgan fingerprint density at radius 2 is 1.73 bits per heavy atom. The second-order valence-corrected chi connectivity index (χ2v) is 10.3. The number of alkyl halides is 3. The highest BCUT2D eigenvalue weighted by atomic mass is 35.5. The van der Waals surface area contributed by atoms with Crippen LogP contribution in [0, 0.1) is 11.6 Å². The highest BCUT2D eigenvalue weighted by Gasteiger charge is 2.39. The van der Waals surface area contributed by atoms with Crippen molar-refractivity contribution in [3.63, 3.8) is 0 Å². The Balaban J connectivity index is 1.49. The third-order valence-corrected chi connectivity index (χ3v) is 7.27. The lowest BCUT2D eigenvalue weighted by Gasteiger charge is -2.20. The summed E-state index contributed by atoms with van der Waals surface area (Å²) in [6, 6.07) is 10.0. The Kier molecular flexibility index (Phi) is 7.98. The molecule has 5 nitrogen and oxygen atoms in total. The Morgan fingerprint density at radius 1 is 1.02 bits per heavy atom. The molecule has 2 aromatic heterocycles. The first kappa shape index (κ1) is 27.9. The van der Waals surface area contributed by atoms with Gasteiger partial charge in [-0.2, -0.15) is 18.3 Å². The average molecular weight is 575 g/mol. The smallest absolute Gasteiger partial charge is 0.298 e. The summed E-state index contributed by atoms with van der Waals surface area (Å²) in [7, 11) is 0. The van der Waals surface area contributed by atoms with Gasteiger partial charge in [-0.3, -0.25) is 9.48 Å². The number of fused-ring (bicyclic) bond motifs is 1. The molecular formula is C29H24ClF5N4O. The van der Waals surface area contributed by atoms with E-state index in [-0.39, 0.29) is 37.2 Å². The summed E-state index contributed by atoms with van der Waals surface area (Å²) in [4.78, 5) is 21.9. The molecule has 0 saturated heterocycles. The summed E-state index contributed by atoms with van der Waals surface area (Å²) in [5.74, 6) is -2.56. The quantitative estimate of drug-likeness (QED) is 0.210. The van der Waals surface area contributed by atoms with E-state index in [0.717, 1.165) is 11.6 Å². The van der Waals surface area contributed by atoms with Crippen LogP contribution in [0.1, 0.15) is 53.4 Å².